The quantitative estimate of drug-likeness (QED) is 0.802. The van der Waals surface area contributed by atoms with E-state index in [0.29, 0.717) is 18.7 Å². The molecule has 0 spiro atoms. The Kier molecular flexibility index (Phi) is 5.07. The number of hydrogen-bond donors (Lipinski definition) is 2. The predicted molar refractivity (Wildman–Crippen MR) is 79.2 cm³/mol. The Morgan fingerprint density at radius 1 is 1.48 bits per heavy atom. The fourth-order valence-electron chi connectivity index (χ4n) is 1.83. The van der Waals surface area contributed by atoms with Crippen molar-refractivity contribution in [3.05, 3.63) is 47.5 Å². The summed E-state index contributed by atoms with van der Waals surface area (Å²) in [6, 6.07) is 7.12. The number of amides is 1. The van der Waals surface area contributed by atoms with Crippen molar-refractivity contribution in [1.82, 2.24) is 20.1 Å². The number of carbonyl (C=O) groups is 1. The number of aromatic nitrogens is 3. The van der Waals surface area contributed by atoms with Crippen LogP contribution in [-0.4, -0.2) is 27.2 Å². The molecule has 1 amide bonds. The van der Waals surface area contributed by atoms with Crippen LogP contribution in [0.15, 0.2) is 30.6 Å². The molecule has 108 valence electrons. The zero-order valence-electron chi connectivity index (χ0n) is 11.8. The van der Waals surface area contributed by atoms with Gasteiger partial charge in [0.25, 0.3) is 5.91 Å². The molecule has 0 fully saturated rings. The summed E-state index contributed by atoms with van der Waals surface area (Å²) in [6.45, 7) is 3.39. The van der Waals surface area contributed by atoms with E-state index in [1.165, 1.54) is 0 Å². The van der Waals surface area contributed by atoms with Crippen molar-refractivity contribution in [1.29, 1.82) is 0 Å². The average Bonchev–Trinajstić information content (AvgIpc) is 2.98. The lowest BCUT2D eigenvalue weighted by molar-refractivity contribution is 0.0949. The SMILES string of the molecule is CCn1cnnc1CNC(=O)c1cccc(C#CCN)c1. The standard InChI is InChI=1S/C15H17N5O/c1-2-20-11-18-19-14(20)10-17-15(21)13-7-3-5-12(9-13)6-4-8-16/h3,5,7,9,11H,2,8,10,16H2,1H3,(H,17,21). The number of benzene rings is 1. The van der Waals surface area contributed by atoms with Crippen molar-refractivity contribution < 1.29 is 4.79 Å². The fourth-order valence-corrected chi connectivity index (χ4v) is 1.83. The van der Waals surface area contributed by atoms with Gasteiger partial charge in [-0.3, -0.25) is 4.79 Å². The van der Waals surface area contributed by atoms with Crippen LogP contribution in [0.2, 0.25) is 0 Å². The van der Waals surface area contributed by atoms with Gasteiger partial charge in [0.1, 0.15) is 6.33 Å². The second-order valence-electron chi connectivity index (χ2n) is 4.30. The van der Waals surface area contributed by atoms with Gasteiger partial charge in [-0.1, -0.05) is 17.9 Å². The average molecular weight is 283 g/mol. The van der Waals surface area contributed by atoms with Crippen LogP contribution in [0, 0.1) is 11.8 Å². The third kappa shape index (κ3) is 3.91. The lowest BCUT2D eigenvalue weighted by Crippen LogP contribution is -2.24. The maximum atomic E-state index is 12.1. The van der Waals surface area contributed by atoms with Crippen LogP contribution in [0.4, 0.5) is 0 Å². The lowest BCUT2D eigenvalue weighted by Gasteiger charge is -2.06. The highest BCUT2D eigenvalue weighted by molar-refractivity contribution is 5.94. The topological polar surface area (TPSA) is 85.8 Å². The third-order valence-electron chi connectivity index (χ3n) is 2.90. The first kappa shape index (κ1) is 14.8. The Balaban J connectivity index is 2.03. The molecule has 0 saturated carbocycles. The molecule has 0 aliphatic carbocycles. The number of carbonyl (C=O) groups excluding carboxylic acids is 1. The van der Waals surface area contributed by atoms with E-state index >= 15 is 0 Å². The van der Waals surface area contributed by atoms with Crippen molar-refractivity contribution in [3.63, 3.8) is 0 Å². The van der Waals surface area contributed by atoms with Crippen LogP contribution >= 0.6 is 0 Å². The molecule has 2 aromatic rings. The first-order chi connectivity index (χ1) is 10.2. The van der Waals surface area contributed by atoms with E-state index in [9.17, 15) is 4.79 Å². The third-order valence-corrected chi connectivity index (χ3v) is 2.90. The summed E-state index contributed by atoms with van der Waals surface area (Å²) in [4.78, 5) is 12.1. The van der Waals surface area contributed by atoms with E-state index in [0.717, 1.165) is 17.9 Å². The van der Waals surface area contributed by atoms with Crippen molar-refractivity contribution in [2.75, 3.05) is 6.54 Å². The summed E-state index contributed by atoms with van der Waals surface area (Å²) in [6.07, 6.45) is 1.64. The first-order valence-corrected chi connectivity index (χ1v) is 6.68. The zero-order chi connectivity index (χ0) is 15.1. The summed E-state index contributed by atoms with van der Waals surface area (Å²) in [7, 11) is 0. The van der Waals surface area contributed by atoms with Gasteiger partial charge in [0.2, 0.25) is 0 Å². The highest BCUT2D eigenvalue weighted by Gasteiger charge is 2.08. The normalized spacial score (nSPS) is 9.81. The molecule has 0 unspecified atom stereocenters. The van der Waals surface area contributed by atoms with Gasteiger partial charge in [0, 0.05) is 17.7 Å². The Bertz CT molecular complexity index is 681. The summed E-state index contributed by atoms with van der Waals surface area (Å²) in [5.74, 6) is 6.23. The number of nitrogens with two attached hydrogens (primary N) is 1. The van der Waals surface area contributed by atoms with Gasteiger partial charge >= 0.3 is 0 Å². The second-order valence-corrected chi connectivity index (χ2v) is 4.30. The summed E-state index contributed by atoms with van der Waals surface area (Å²) in [5, 5.41) is 10.6. The molecule has 0 aliphatic rings. The highest BCUT2D eigenvalue weighted by atomic mass is 16.1. The van der Waals surface area contributed by atoms with Gasteiger partial charge in [-0.15, -0.1) is 10.2 Å². The van der Waals surface area contributed by atoms with Gasteiger partial charge < -0.3 is 15.6 Å². The molecular weight excluding hydrogens is 266 g/mol. The first-order valence-electron chi connectivity index (χ1n) is 6.68. The molecule has 0 saturated heterocycles. The molecule has 0 radical (unpaired) electrons. The number of nitrogens with zero attached hydrogens (tertiary/aromatic N) is 3. The molecule has 1 aromatic carbocycles. The Morgan fingerprint density at radius 3 is 3.10 bits per heavy atom. The lowest BCUT2D eigenvalue weighted by atomic mass is 10.1. The minimum Gasteiger partial charge on any atom is -0.345 e. The number of hydrogen-bond acceptors (Lipinski definition) is 4. The van der Waals surface area contributed by atoms with E-state index in [2.05, 4.69) is 27.4 Å². The van der Waals surface area contributed by atoms with Crippen molar-refractivity contribution in [3.8, 4) is 11.8 Å². The zero-order valence-corrected chi connectivity index (χ0v) is 11.8. The van der Waals surface area contributed by atoms with Crippen LogP contribution in [0.1, 0.15) is 28.7 Å². The second kappa shape index (κ2) is 7.22. The van der Waals surface area contributed by atoms with Gasteiger partial charge in [-0.2, -0.15) is 0 Å². The fraction of sp³-hybridized carbons (Fsp3) is 0.267. The smallest absolute Gasteiger partial charge is 0.251 e. The van der Waals surface area contributed by atoms with Crippen LogP contribution in [-0.2, 0) is 13.1 Å². The van der Waals surface area contributed by atoms with Crippen LogP contribution in [0.25, 0.3) is 0 Å². The molecule has 0 aliphatic heterocycles. The Morgan fingerprint density at radius 2 is 2.33 bits per heavy atom. The number of nitrogens with one attached hydrogen (secondary N) is 1. The maximum absolute atomic E-state index is 12.1. The Hall–Kier alpha value is -2.65. The van der Waals surface area contributed by atoms with Crippen LogP contribution in [0.3, 0.4) is 0 Å². The molecule has 1 heterocycles. The summed E-state index contributed by atoms with van der Waals surface area (Å²) < 4.78 is 1.88. The maximum Gasteiger partial charge on any atom is 0.251 e. The van der Waals surface area contributed by atoms with E-state index in [4.69, 9.17) is 5.73 Å². The molecular formula is C15H17N5O. The predicted octanol–water partition coefficient (Wildman–Crippen LogP) is 0.538. The van der Waals surface area contributed by atoms with Gasteiger partial charge in [0.05, 0.1) is 13.1 Å². The van der Waals surface area contributed by atoms with Crippen molar-refractivity contribution in [2.45, 2.75) is 20.0 Å². The molecule has 0 bridgehead atoms. The Labute approximate surface area is 123 Å². The highest BCUT2D eigenvalue weighted by Crippen LogP contribution is 2.04. The van der Waals surface area contributed by atoms with Crippen LogP contribution < -0.4 is 11.1 Å². The van der Waals surface area contributed by atoms with Crippen molar-refractivity contribution >= 4 is 5.91 Å². The number of rotatable bonds is 4. The molecule has 0 atom stereocenters. The van der Waals surface area contributed by atoms with E-state index in [-0.39, 0.29) is 5.91 Å². The van der Waals surface area contributed by atoms with Gasteiger partial charge in [0.15, 0.2) is 5.82 Å². The minimum absolute atomic E-state index is 0.169. The van der Waals surface area contributed by atoms with E-state index < -0.39 is 0 Å². The molecule has 6 heteroatoms. The summed E-state index contributed by atoms with van der Waals surface area (Å²) >= 11 is 0. The van der Waals surface area contributed by atoms with Gasteiger partial charge in [-0.25, -0.2) is 0 Å². The monoisotopic (exact) mass is 283 g/mol. The van der Waals surface area contributed by atoms with E-state index in [1.807, 2.05) is 17.6 Å². The number of aryl methyl sites for hydroxylation is 1. The summed E-state index contributed by atoms with van der Waals surface area (Å²) in [5.41, 5.74) is 6.66. The molecule has 6 nitrogen and oxygen atoms in total. The van der Waals surface area contributed by atoms with Crippen LogP contribution in [0.5, 0.6) is 0 Å². The van der Waals surface area contributed by atoms with E-state index in [1.54, 1.807) is 24.5 Å². The van der Waals surface area contributed by atoms with Crippen molar-refractivity contribution in [2.24, 2.45) is 5.73 Å². The minimum atomic E-state index is -0.169. The molecule has 2 rings (SSSR count). The van der Waals surface area contributed by atoms with Gasteiger partial charge in [-0.05, 0) is 25.1 Å². The largest absolute Gasteiger partial charge is 0.345 e. The molecule has 1 aromatic heterocycles. The molecule has 3 N–H and O–H groups in total. The molecule has 21 heavy (non-hydrogen) atoms.